The molecule has 4 amide bonds. The van der Waals surface area contributed by atoms with Crippen LogP contribution in [0.2, 0.25) is 0 Å². The SMILES string of the molecule is COc1cc(/C=C2/C(=O)NC(=O)N(c3ccc(C)c(C)c3)C2=O)cc(Br)c1OCc1cccc2ccccc12. The number of nitrogens with zero attached hydrogens (tertiary/aromatic N) is 1. The number of halogens is 1. The quantitative estimate of drug-likeness (QED) is 0.207. The minimum Gasteiger partial charge on any atom is -0.493 e. The summed E-state index contributed by atoms with van der Waals surface area (Å²) in [5, 5.41) is 4.48. The minimum absolute atomic E-state index is 0.175. The van der Waals surface area contributed by atoms with Gasteiger partial charge < -0.3 is 9.47 Å². The molecule has 0 bridgehead atoms. The van der Waals surface area contributed by atoms with Crippen molar-refractivity contribution >= 4 is 56.3 Å². The summed E-state index contributed by atoms with van der Waals surface area (Å²) in [7, 11) is 1.52. The molecular weight excluding hydrogens is 560 g/mol. The van der Waals surface area contributed by atoms with Gasteiger partial charge in [0.2, 0.25) is 0 Å². The summed E-state index contributed by atoms with van der Waals surface area (Å²) in [6, 6.07) is 22.0. The Bertz CT molecular complexity index is 1670. The van der Waals surface area contributed by atoms with Crippen LogP contribution in [0.25, 0.3) is 16.8 Å². The first kappa shape index (κ1) is 26.2. The van der Waals surface area contributed by atoms with Gasteiger partial charge in [0.15, 0.2) is 11.5 Å². The van der Waals surface area contributed by atoms with Gasteiger partial charge in [0.25, 0.3) is 11.8 Å². The number of carbonyl (C=O) groups is 3. The Balaban J connectivity index is 1.45. The van der Waals surface area contributed by atoms with Gasteiger partial charge in [-0.1, -0.05) is 48.5 Å². The lowest BCUT2D eigenvalue weighted by Gasteiger charge is -2.27. The maximum absolute atomic E-state index is 13.3. The molecule has 0 saturated carbocycles. The van der Waals surface area contributed by atoms with E-state index in [9.17, 15) is 14.4 Å². The van der Waals surface area contributed by atoms with Crippen LogP contribution in [0.3, 0.4) is 0 Å². The molecule has 0 unspecified atom stereocenters. The number of fused-ring (bicyclic) bond motifs is 1. The monoisotopic (exact) mass is 584 g/mol. The summed E-state index contributed by atoms with van der Waals surface area (Å²) in [6.45, 7) is 4.14. The zero-order chi connectivity index (χ0) is 27.7. The van der Waals surface area contributed by atoms with Crippen LogP contribution < -0.4 is 19.7 Å². The fourth-order valence-electron chi connectivity index (χ4n) is 4.45. The zero-order valence-corrected chi connectivity index (χ0v) is 23.2. The second-order valence-corrected chi connectivity index (χ2v) is 10.0. The summed E-state index contributed by atoms with van der Waals surface area (Å²) in [5.74, 6) is -0.573. The van der Waals surface area contributed by atoms with Crippen LogP contribution in [0.15, 0.2) is 82.8 Å². The van der Waals surface area contributed by atoms with Crippen molar-refractivity contribution in [1.29, 1.82) is 0 Å². The molecule has 1 fully saturated rings. The smallest absolute Gasteiger partial charge is 0.335 e. The third-order valence-corrected chi connectivity index (χ3v) is 7.25. The van der Waals surface area contributed by atoms with Crippen molar-refractivity contribution < 1.29 is 23.9 Å². The molecule has 196 valence electrons. The van der Waals surface area contributed by atoms with Crippen LogP contribution in [0.5, 0.6) is 11.5 Å². The van der Waals surface area contributed by atoms with Gasteiger partial charge in [-0.15, -0.1) is 0 Å². The number of ether oxygens (including phenoxy) is 2. The predicted molar refractivity (Wildman–Crippen MR) is 154 cm³/mol. The molecule has 0 radical (unpaired) electrons. The number of amides is 4. The van der Waals surface area contributed by atoms with Crippen LogP contribution in [-0.4, -0.2) is 25.0 Å². The molecule has 1 heterocycles. The highest BCUT2D eigenvalue weighted by molar-refractivity contribution is 9.10. The van der Waals surface area contributed by atoms with Crippen LogP contribution in [0.1, 0.15) is 22.3 Å². The highest BCUT2D eigenvalue weighted by Crippen LogP contribution is 2.38. The molecule has 0 spiro atoms. The van der Waals surface area contributed by atoms with Gasteiger partial charge in [-0.25, -0.2) is 9.69 Å². The summed E-state index contributed by atoms with van der Waals surface area (Å²) in [5.41, 5.74) is 3.69. The molecule has 4 aromatic carbocycles. The van der Waals surface area contributed by atoms with Gasteiger partial charge in [0, 0.05) is 0 Å². The third kappa shape index (κ3) is 5.15. The van der Waals surface area contributed by atoms with Crippen molar-refractivity contribution in [3.8, 4) is 11.5 Å². The van der Waals surface area contributed by atoms with E-state index in [4.69, 9.17) is 9.47 Å². The van der Waals surface area contributed by atoms with Gasteiger partial charge in [-0.05, 0) is 93.1 Å². The molecule has 0 aromatic heterocycles. The molecule has 4 aromatic rings. The Morgan fingerprint density at radius 2 is 1.69 bits per heavy atom. The molecular formula is C31H25BrN2O5. The lowest BCUT2D eigenvalue weighted by atomic mass is 10.0. The molecule has 7 nitrogen and oxygen atoms in total. The number of urea groups is 1. The van der Waals surface area contributed by atoms with E-state index in [1.165, 1.54) is 13.2 Å². The average molecular weight is 585 g/mol. The second kappa shape index (κ2) is 10.7. The number of aryl methyl sites for hydroxylation is 2. The van der Waals surface area contributed by atoms with E-state index >= 15 is 0 Å². The van der Waals surface area contributed by atoms with E-state index in [2.05, 4.69) is 33.4 Å². The van der Waals surface area contributed by atoms with Crippen molar-refractivity contribution in [2.45, 2.75) is 20.5 Å². The standard InChI is InChI=1S/C31H25BrN2O5/c1-18-11-12-23(13-19(18)2)34-30(36)25(29(35)33-31(34)37)14-20-15-26(32)28(27(16-20)38-3)39-17-22-9-6-8-21-7-4-5-10-24(21)22/h4-16H,17H2,1-3H3,(H,33,35,37)/b25-14-. The first-order valence-corrected chi connectivity index (χ1v) is 13.0. The largest absolute Gasteiger partial charge is 0.493 e. The topological polar surface area (TPSA) is 84.9 Å². The zero-order valence-electron chi connectivity index (χ0n) is 21.6. The maximum atomic E-state index is 13.3. The third-order valence-electron chi connectivity index (χ3n) is 6.67. The predicted octanol–water partition coefficient (Wildman–Crippen LogP) is 6.47. The van der Waals surface area contributed by atoms with Gasteiger partial charge in [0.05, 0.1) is 17.3 Å². The van der Waals surface area contributed by atoms with E-state index in [0.29, 0.717) is 33.8 Å². The molecule has 1 N–H and O–H groups in total. The minimum atomic E-state index is -0.790. The Kier molecular flexibility index (Phi) is 7.21. The number of nitrogens with one attached hydrogen (secondary N) is 1. The maximum Gasteiger partial charge on any atom is 0.335 e. The normalized spacial score (nSPS) is 14.6. The fourth-order valence-corrected chi connectivity index (χ4v) is 5.03. The summed E-state index contributed by atoms with van der Waals surface area (Å²) in [4.78, 5) is 39.6. The second-order valence-electron chi connectivity index (χ2n) is 9.19. The van der Waals surface area contributed by atoms with Crippen molar-refractivity contribution in [3.63, 3.8) is 0 Å². The number of hydrogen-bond acceptors (Lipinski definition) is 5. The fraction of sp³-hybridized carbons (Fsp3) is 0.129. The number of carbonyl (C=O) groups excluding carboxylic acids is 3. The van der Waals surface area contributed by atoms with Crippen LogP contribution in [0, 0.1) is 13.8 Å². The number of methoxy groups -OCH3 is 1. The Morgan fingerprint density at radius 3 is 2.46 bits per heavy atom. The molecule has 0 atom stereocenters. The number of barbiturate groups is 1. The number of hydrogen-bond donors (Lipinski definition) is 1. The Labute approximate surface area is 234 Å². The van der Waals surface area contributed by atoms with Crippen molar-refractivity contribution in [2.75, 3.05) is 12.0 Å². The van der Waals surface area contributed by atoms with Crippen LogP contribution in [0.4, 0.5) is 10.5 Å². The van der Waals surface area contributed by atoms with Gasteiger partial charge in [-0.3, -0.25) is 14.9 Å². The average Bonchev–Trinajstić information content (AvgIpc) is 2.92. The van der Waals surface area contributed by atoms with E-state index in [1.54, 1.807) is 24.3 Å². The highest BCUT2D eigenvalue weighted by atomic mass is 79.9. The van der Waals surface area contributed by atoms with E-state index in [0.717, 1.165) is 32.4 Å². The Hall–Kier alpha value is -4.43. The van der Waals surface area contributed by atoms with Gasteiger partial charge in [-0.2, -0.15) is 0 Å². The van der Waals surface area contributed by atoms with E-state index in [-0.39, 0.29) is 5.57 Å². The first-order valence-electron chi connectivity index (χ1n) is 12.2. The molecule has 1 aliphatic rings. The number of imide groups is 2. The van der Waals surface area contributed by atoms with Crippen LogP contribution >= 0.6 is 15.9 Å². The Morgan fingerprint density at radius 1 is 0.923 bits per heavy atom. The molecule has 1 aliphatic heterocycles. The van der Waals surface area contributed by atoms with Crippen molar-refractivity contribution in [3.05, 3.63) is 105 Å². The summed E-state index contributed by atoms with van der Waals surface area (Å²) < 4.78 is 12.3. The van der Waals surface area contributed by atoms with Gasteiger partial charge in [0.1, 0.15) is 12.2 Å². The van der Waals surface area contributed by atoms with E-state index < -0.39 is 17.8 Å². The van der Waals surface area contributed by atoms with Crippen molar-refractivity contribution in [1.82, 2.24) is 5.32 Å². The van der Waals surface area contributed by atoms with Crippen molar-refractivity contribution in [2.24, 2.45) is 0 Å². The molecule has 0 aliphatic carbocycles. The number of anilines is 1. The number of rotatable bonds is 6. The molecule has 1 saturated heterocycles. The lowest BCUT2D eigenvalue weighted by Crippen LogP contribution is -2.54. The first-order chi connectivity index (χ1) is 18.8. The summed E-state index contributed by atoms with van der Waals surface area (Å²) in [6.07, 6.45) is 1.43. The summed E-state index contributed by atoms with van der Waals surface area (Å²) >= 11 is 3.55. The van der Waals surface area contributed by atoms with Gasteiger partial charge >= 0.3 is 6.03 Å². The van der Waals surface area contributed by atoms with E-state index in [1.807, 2.05) is 50.2 Å². The molecule has 8 heteroatoms. The highest BCUT2D eigenvalue weighted by Gasteiger charge is 2.37. The molecule has 39 heavy (non-hydrogen) atoms. The number of benzene rings is 4. The lowest BCUT2D eigenvalue weighted by molar-refractivity contribution is -0.122. The molecule has 5 rings (SSSR count). The van der Waals surface area contributed by atoms with Crippen LogP contribution in [-0.2, 0) is 16.2 Å².